The lowest BCUT2D eigenvalue weighted by Crippen LogP contribution is -2.57. The lowest BCUT2D eigenvalue weighted by Gasteiger charge is -2.61. The molecule has 1 saturated heterocycles. The molecule has 1 spiro atoms. The molecule has 5 nitrogen and oxygen atoms in total. The van der Waals surface area contributed by atoms with Gasteiger partial charge in [0.1, 0.15) is 6.29 Å². The van der Waals surface area contributed by atoms with E-state index in [1.165, 1.54) is 0 Å². The van der Waals surface area contributed by atoms with E-state index in [0.717, 1.165) is 56.8 Å². The summed E-state index contributed by atoms with van der Waals surface area (Å²) in [5.41, 5.74) is 4.28. The summed E-state index contributed by atoms with van der Waals surface area (Å²) in [6.07, 6.45) is 8.07. The van der Waals surface area contributed by atoms with E-state index in [2.05, 4.69) is 27.7 Å². The third-order valence-electron chi connectivity index (χ3n) is 13.0. The highest BCUT2D eigenvalue weighted by Crippen LogP contribution is 2.74. The summed E-state index contributed by atoms with van der Waals surface area (Å²) in [6, 6.07) is 0. The van der Waals surface area contributed by atoms with Crippen molar-refractivity contribution in [3.05, 3.63) is 22.3 Å². The van der Waals surface area contributed by atoms with Crippen LogP contribution in [0.5, 0.6) is 0 Å². The molecule has 0 unspecified atom stereocenters. The van der Waals surface area contributed by atoms with Crippen molar-refractivity contribution in [1.82, 2.24) is 0 Å². The fourth-order valence-corrected chi connectivity index (χ4v) is 10.7. The maximum Gasteiger partial charge on any atom is 0.336 e. The summed E-state index contributed by atoms with van der Waals surface area (Å²) >= 11 is 0. The van der Waals surface area contributed by atoms with Crippen LogP contribution in [-0.2, 0) is 19.1 Å². The molecule has 6 rings (SSSR count). The highest BCUT2D eigenvalue weighted by atomic mass is 16.7. The molecule has 5 heteroatoms. The van der Waals surface area contributed by atoms with E-state index in [-0.39, 0.29) is 34.2 Å². The van der Waals surface area contributed by atoms with Crippen LogP contribution >= 0.6 is 0 Å². The molecule has 2 aliphatic heterocycles. The van der Waals surface area contributed by atoms with E-state index in [4.69, 9.17) is 9.47 Å². The van der Waals surface area contributed by atoms with Crippen molar-refractivity contribution in [2.75, 3.05) is 0 Å². The normalized spacial score (nSPS) is 54.1. The van der Waals surface area contributed by atoms with Crippen molar-refractivity contribution in [1.29, 1.82) is 0 Å². The molecule has 0 aromatic carbocycles. The van der Waals surface area contributed by atoms with Crippen LogP contribution in [0, 0.1) is 39.4 Å². The minimum absolute atomic E-state index is 0.0204. The summed E-state index contributed by atoms with van der Waals surface area (Å²) in [6.45, 7) is 15.6. The first-order valence-corrected chi connectivity index (χ1v) is 14.2. The van der Waals surface area contributed by atoms with Gasteiger partial charge in [0.15, 0.2) is 0 Å². The number of hydrogen-bond acceptors (Lipinski definition) is 5. The van der Waals surface area contributed by atoms with Gasteiger partial charge in [-0.3, -0.25) is 0 Å². The third-order valence-corrected chi connectivity index (χ3v) is 13.0. The van der Waals surface area contributed by atoms with Gasteiger partial charge in [-0.1, -0.05) is 45.8 Å². The Balaban J connectivity index is 1.41. The molecule has 0 amide bonds. The molecular weight excluding hydrogens is 452 g/mol. The van der Waals surface area contributed by atoms with Crippen molar-refractivity contribution in [2.45, 2.75) is 118 Å². The fraction of sp³-hybridized carbons (Fsp3) is 0.806. The van der Waals surface area contributed by atoms with Crippen molar-refractivity contribution in [2.24, 2.45) is 39.4 Å². The van der Waals surface area contributed by atoms with Gasteiger partial charge in [-0.05, 0) is 92.8 Å². The lowest BCUT2D eigenvalue weighted by molar-refractivity contribution is -0.262. The molecular formula is C31H44O5. The van der Waals surface area contributed by atoms with Crippen LogP contribution in [0.15, 0.2) is 22.3 Å². The summed E-state index contributed by atoms with van der Waals surface area (Å²) in [5, 5.41) is 10.8. The number of carbonyl (C=O) groups is 2. The number of aliphatic hydroxyl groups excluding tert-OH is 1. The number of esters is 1. The molecule has 1 N–H and O–H groups in total. The van der Waals surface area contributed by atoms with E-state index in [9.17, 15) is 14.7 Å². The first kappa shape index (κ1) is 24.9. The zero-order valence-corrected chi connectivity index (χ0v) is 23.2. The van der Waals surface area contributed by atoms with E-state index >= 15 is 0 Å². The Morgan fingerprint density at radius 2 is 1.72 bits per heavy atom. The molecule has 0 radical (unpaired) electrons. The van der Waals surface area contributed by atoms with Gasteiger partial charge in [0.2, 0.25) is 5.79 Å². The quantitative estimate of drug-likeness (QED) is 0.278. The molecule has 198 valence electrons. The maximum atomic E-state index is 12.5. The maximum absolute atomic E-state index is 12.5. The Morgan fingerprint density at radius 1 is 1.00 bits per heavy atom. The molecule has 4 aliphatic carbocycles. The number of carbonyl (C=O) groups excluding carboxylic acids is 2. The van der Waals surface area contributed by atoms with E-state index in [1.54, 1.807) is 11.1 Å². The lowest BCUT2D eigenvalue weighted by atomic mass is 9.43. The Kier molecular flexibility index (Phi) is 5.07. The molecule has 2 heterocycles. The van der Waals surface area contributed by atoms with Gasteiger partial charge in [0.05, 0.1) is 17.6 Å². The predicted molar refractivity (Wildman–Crippen MR) is 137 cm³/mol. The van der Waals surface area contributed by atoms with Gasteiger partial charge < -0.3 is 19.4 Å². The molecule has 3 fully saturated rings. The topological polar surface area (TPSA) is 72.8 Å². The van der Waals surface area contributed by atoms with Crippen LogP contribution < -0.4 is 0 Å². The minimum Gasteiger partial charge on any atom is -0.426 e. The number of allylic oxidation sites excluding steroid dienone is 2. The summed E-state index contributed by atoms with van der Waals surface area (Å²) in [7, 11) is 0. The number of rotatable bonds is 1. The highest BCUT2D eigenvalue weighted by molar-refractivity contribution is 5.92. The number of aldehydes is 1. The second kappa shape index (κ2) is 7.34. The van der Waals surface area contributed by atoms with Gasteiger partial charge in [-0.2, -0.15) is 0 Å². The Bertz CT molecular complexity index is 1100. The standard InChI is InChI=1S/C31H44O5/c1-17-14-31(19(3)18(2)26(34)36-31)35-22-15-30(7)21-8-9-23-27(4,12-11-24(33)28(23,5)16-32)20(21)10-13-29(30,6)25(17)22/h16-17,22-25,33H,8-15H2,1-7H3/t17-,22-,23+,24-,25+,27-,28+,29-,30+,31-/m1/s1. The van der Waals surface area contributed by atoms with Crippen LogP contribution in [0.4, 0.5) is 0 Å². The predicted octanol–water partition coefficient (Wildman–Crippen LogP) is 5.90. The molecule has 0 bridgehead atoms. The van der Waals surface area contributed by atoms with Gasteiger partial charge in [0.25, 0.3) is 0 Å². The van der Waals surface area contributed by atoms with Crippen LogP contribution in [0.1, 0.15) is 99.8 Å². The van der Waals surface area contributed by atoms with Gasteiger partial charge in [-0.25, -0.2) is 4.79 Å². The Labute approximate surface area is 216 Å². The van der Waals surface area contributed by atoms with Crippen molar-refractivity contribution in [3.63, 3.8) is 0 Å². The summed E-state index contributed by atoms with van der Waals surface area (Å²) < 4.78 is 12.8. The monoisotopic (exact) mass is 496 g/mol. The summed E-state index contributed by atoms with van der Waals surface area (Å²) in [4.78, 5) is 24.8. The van der Waals surface area contributed by atoms with Crippen molar-refractivity contribution in [3.8, 4) is 0 Å². The number of aliphatic hydroxyl groups is 1. The van der Waals surface area contributed by atoms with Crippen LogP contribution in [-0.4, -0.2) is 35.4 Å². The molecule has 0 aromatic heterocycles. The summed E-state index contributed by atoms with van der Waals surface area (Å²) in [5.74, 6) is -0.127. The Hall–Kier alpha value is -1.46. The Morgan fingerprint density at radius 3 is 2.36 bits per heavy atom. The fourth-order valence-electron chi connectivity index (χ4n) is 10.7. The molecule has 6 aliphatic rings. The molecule has 2 saturated carbocycles. The number of fused-ring (bicyclic) bond motifs is 6. The second-order valence-electron chi connectivity index (χ2n) is 14.2. The molecule has 36 heavy (non-hydrogen) atoms. The van der Waals surface area contributed by atoms with Crippen molar-refractivity contribution < 1.29 is 24.2 Å². The highest BCUT2D eigenvalue weighted by Gasteiger charge is 2.69. The van der Waals surface area contributed by atoms with Crippen LogP contribution in [0.3, 0.4) is 0 Å². The largest absolute Gasteiger partial charge is 0.426 e. The first-order chi connectivity index (χ1) is 16.8. The smallest absolute Gasteiger partial charge is 0.336 e. The van der Waals surface area contributed by atoms with Gasteiger partial charge in [-0.15, -0.1) is 0 Å². The average Bonchev–Trinajstić information content (AvgIpc) is 3.18. The SMILES string of the molecule is CC1=C(C)[C@@]2(C[C@@H](C)[C@H]3[C@@H](C[C@@]4(C)C5=C(CC[C@]34C)[C@@]3(C)CC[C@@H](O)[C@@](C)(C=O)[C@H]3CC5)O2)OC1=O. The van der Waals surface area contributed by atoms with Crippen LogP contribution in [0.25, 0.3) is 0 Å². The van der Waals surface area contributed by atoms with Gasteiger partial charge in [0, 0.05) is 17.6 Å². The second-order valence-corrected chi connectivity index (χ2v) is 14.2. The minimum atomic E-state index is -0.895. The van der Waals surface area contributed by atoms with E-state index < -0.39 is 17.3 Å². The molecule has 10 atom stereocenters. The number of hydrogen-bond donors (Lipinski definition) is 1. The van der Waals surface area contributed by atoms with Crippen LogP contribution in [0.2, 0.25) is 0 Å². The third kappa shape index (κ3) is 2.70. The first-order valence-electron chi connectivity index (χ1n) is 14.2. The van der Waals surface area contributed by atoms with Gasteiger partial charge >= 0.3 is 5.97 Å². The van der Waals surface area contributed by atoms with E-state index in [1.807, 2.05) is 20.8 Å². The zero-order chi connectivity index (χ0) is 26.1. The van der Waals surface area contributed by atoms with Crippen molar-refractivity contribution >= 4 is 12.3 Å². The molecule has 0 aromatic rings. The zero-order valence-electron chi connectivity index (χ0n) is 23.2. The average molecular weight is 497 g/mol. The van der Waals surface area contributed by atoms with E-state index in [0.29, 0.717) is 23.8 Å². The number of ether oxygens (including phenoxy) is 2.